The van der Waals surface area contributed by atoms with Crippen molar-refractivity contribution >= 4 is 27.0 Å². The van der Waals surface area contributed by atoms with Crippen LogP contribution in [0, 0.1) is 11.8 Å². The number of rotatable bonds is 7. The molecule has 0 N–H and O–H groups in total. The van der Waals surface area contributed by atoms with Crippen LogP contribution in [-0.2, 0) is 13.1 Å². The Morgan fingerprint density at radius 3 is 2.86 bits per heavy atom. The lowest BCUT2D eigenvalue weighted by Gasteiger charge is -2.17. The Labute approximate surface area is 177 Å². The van der Waals surface area contributed by atoms with E-state index in [2.05, 4.69) is 36.1 Å². The molecule has 1 saturated heterocycles. The van der Waals surface area contributed by atoms with Crippen molar-refractivity contribution in [1.82, 2.24) is 24.9 Å². The minimum Gasteiger partial charge on any atom is -0.437 e. The van der Waals surface area contributed by atoms with Gasteiger partial charge in [-0.05, 0) is 65.9 Å². The molecule has 8 heteroatoms. The second kappa shape index (κ2) is 7.99. The van der Waals surface area contributed by atoms with Crippen LogP contribution in [0.2, 0.25) is 0 Å². The van der Waals surface area contributed by atoms with Crippen LogP contribution in [0.15, 0.2) is 34.9 Å². The molecule has 3 aromatic rings. The van der Waals surface area contributed by atoms with Crippen LogP contribution in [0.3, 0.4) is 0 Å². The molecule has 1 aliphatic carbocycles. The molecule has 5 rings (SSSR count). The molecule has 2 aromatic heterocycles. The number of ether oxygens (including phenoxy) is 1. The van der Waals surface area contributed by atoms with E-state index in [1.54, 1.807) is 6.20 Å². The van der Waals surface area contributed by atoms with Gasteiger partial charge >= 0.3 is 0 Å². The molecule has 3 heterocycles. The summed E-state index contributed by atoms with van der Waals surface area (Å²) in [6.45, 7) is 3.06. The largest absolute Gasteiger partial charge is 0.437 e. The predicted molar refractivity (Wildman–Crippen MR) is 112 cm³/mol. The Morgan fingerprint density at radius 2 is 2.07 bits per heavy atom. The predicted octanol–water partition coefficient (Wildman–Crippen LogP) is 4.58. The molecule has 2 fully saturated rings. The van der Waals surface area contributed by atoms with Crippen LogP contribution in [0.25, 0.3) is 11.0 Å². The van der Waals surface area contributed by atoms with Gasteiger partial charge in [-0.15, -0.1) is 5.10 Å². The highest BCUT2D eigenvalue weighted by atomic mass is 79.9. The van der Waals surface area contributed by atoms with Crippen molar-refractivity contribution in [3.63, 3.8) is 0 Å². The fraction of sp³-hybridized carbons (Fsp3) is 0.476. The van der Waals surface area contributed by atoms with Crippen LogP contribution in [0.5, 0.6) is 11.6 Å². The van der Waals surface area contributed by atoms with Gasteiger partial charge in [-0.3, -0.25) is 9.29 Å². The molecule has 1 atom stereocenters. The highest BCUT2D eigenvalue weighted by Crippen LogP contribution is 2.37. The standard InChI is InChI=1S/C21H23BrFN5O/c22-19-18(6-5-17-20(19)25-26-28(17)12-14-3-4-14)29-21-16(2-1-8-24-21)13-27-9-7-15(10-23)11-27/h1-2,5-6,8,14-15H,3-4,7,9-13H2. The van der Waals surface area contributed by atoms with Gasteiger partial charge in [0.25, 0.3) is 0 Å². The van der Waals surface area contributed by atoms with Crippen molar-refractivity contribution in [2.24, 2.45) is 11.8 Å². The van der Waals surface area contributed by atoms with Gasteiger partial charge < -0.3 is 4.74 Å². The Morgan fingerprint density at radius 1 is 1.17 bits per heavy atom. The number of halogens is 2. The molecule has 6 nitrogen and oxygen atoms in total. The van der Waals surface area contributed by atoms with Crippen molar-refractivity contribution in [2.45, 2.75) is 32.4 Å². The van der Waals surface area contributed by atoms with E-state index < -0.39 is 0 Å². The first-order valence-corrected chi connectivity index (χ1v) is 10.9. The average molecular weight is 460 g/mol. The fourth-order valence-electron chi connectivity index (χ4n) is 3.91. The lowest BCUT2D eigenvalue weighted by molar-refractivity contribution is 0.292. The Balaban J connectivity index is 1.37. The smallest absolute Gasteiger partial charge is 0.223 e. The fourth-order valence-corrected chi connectivity index (χ4v) is 4.40. The van der Waals surface area contributed by atoms with E-state index in [1.165, 1.54) is 12.8 Å². The minimum atomic E-state index is -0.249. The number of pyridine rings is 1. The van der Waals surface area contributed by atoms with Crippen LogP contribution in [0.1, 0.15) is 24.8 Å². The summed E-state index contributed by atoms with van der Waals surface area (Å²) in [4.78, 5) is 6.70. The number of aromatic nitrogens is 4. The molecule has 152 valence electrons. The summed E-state index contributed by atoms with van der Waals surface area (Å²) in [6, 6.07) is 7.87. The summed E-state index contributed by atoms with van der Waals surface area (Å²) < 4.78 is 21.9. The van der Waals surface area contributed by atoms with Crippen molar-refractivity contribution in [3.8, 4) is 11.6 Å². The zero-order valence-corrected chi connectivity index (χ0v) is 17.7. The maximum absolute atomic E-state index is 12.9. The molecule has 1 aromatic carbocycles. The third-order valence-electron chi connectivity index (χ3n) is 5.76. The topological polar surface area (TPSA) is 56.1 Å². The normalized spacial score (nSPS) is 19.9. The summed E-state index contributed by atoms with van der Waals surface area (Å²) in [5.41, 5.74) is 2.80. The molecule has 0 spiro atoms. The number of nitrogens with zero attached hydrogens (tertiary/aromatic N) is 5. The lowest BCUT2D eigenvalue weighted by Crippen LogP contribution is -2.21. The number of likely N-dealkylation sites (tertiary alicyclic amines) is 1. The Hall–Kier alpha value is -2.06. The minimum absolute atomic E-state index is 0.144. The molecule has 0 bridgehead atoms. The van der Waals surface area contributed by atoms with Gasteiger partial charge in [0.15, 0.2) is 0 Å². The van der Waals surface area contributed by atoms with Gasteiger partial charge in [0, 0.05) is 37.3 Å². The second-order valence-corrected chi connectivity index (χ2v) is 8.87. The molecule has 29 heavy (non-hydrogen) atoms. The van der Waals surface area contributed by atoms with Gasteiger partial charge in [-0.2, -0.15) is 0 Å². The summed E-state index contributed by atoms with van der Waals surface area (Å²) in [7, 11) is 0. The van der Waals surface area contributed by atoms with Gasteiger partial charge in [0.1, 0.15) is 11.3 Å². The number of fused-ring (bicyclic) bond motifs is 1. The maximum Gasteiger partial charge on any atom is 0.223 e. The second-order valence-electron chi connectivity index (χ2n) is 8.07. The maximum atomic E-state index is 12.9. The van der Waals surface area contributed by atoms with Crippen molar-refractivity contribution in [2.75, 3.05) is 19.8 Å². The van der Waals surface area contributed by atoms with Crippen molar-refractivity contribution in [3.05, 3.63) is 40.5 Å². The van der Waals surface area contributed by atoms with E-state index in [0.29, 0.717) is 18.2 Å². The van der Waals surface area contributed by atoms with Crippen LogP contribution >= 0.6 is 15.9 Å². The summed E-state index contributed by atoms with van der Waals surface area (Å²) in [5.74, 6) is 2.11. The van der Waals surface area contributed by atoms with Gasteiger partial charge in [-0.25, -0.2) is 9.67 Å². The first kappa shape index (κ1) is 18.9. The van der Waals surface area contributed by atoms with Gasteiger partial charge in [-0.1, -0.05) is 11.3 Å². The molecule has 2 aliphatic rings. The Kier molecular flexibility index (Phi) is 5.22. The van der Waals surface area contributed by atoms with Crippen molar-refractivity contribution < 1.29 is 9.13 Å². The molecular weight excluding hydrogens is 437 g/mol. The first-order chi connectivity index (χ1) is 14.2. The number of benzene rings is 1. The highest BCUT2D eigenvalue weighted by Gasteiger charge is 2.25. The SMILES string of the molecule is FCC1CCN(Cc2cccnc2Oc2ccc3c(nnn3CC3CC3)c2Br)C1. The Bertz CT molecular complexity index is 1020. The molecule has 1 aliphatic heterocycles. The quantitative estimate of drug-likeness (QED) is 0.517. The summed E-state index contributed by atoms with van der Waals surface area (Å²) >= 11 is 3.64. The van der Waals surface area contributed by atoms with Crippen LogP contribution in [0.4, 0.5) is 4.39 Å². The number of alkyl halides is 1. The average Bonchev–Trinajstić information content (AvgIpc) is 3.27. The molecule has 0 amide bonds. The lowest BCUT2D eigenvalue weighted by atomic mass is 10.1. The van der Waals surface area contributed by atoms with E-state index in [1.807, 2.05) is 28.9 Å². The molecule has 1 unspecified atom stereocenters. The molecular formula is C21H23BrFN5O. The van der Waals surface area contributed by atoms with Crippen LogP contribution < -0.4 is 4.74 Å². The van der Waals surface area contributed by atoms with Gasteiger partial charge in [0.05, 0.1) is 16.7 Å². The van der Waals surface area contributed by atoms with Crippen molar-refractivity contribution in [1.29, 1.82) is 0 Å². The monoisotopic (exact) mass is 459 g/mol. The first-order valence-electron chi connectivity index (χ1n) is 10.1. The molecule has 0 radical (unpaired) electrons. The summed E-state index contributed by atoms with van der Waals surface area (Å²) in [6.07, 6.45) is 5.18. The van der Waals surface area contributed by atoms with E-state index in [-0.39, 0.29) is 12.6 Å². The highest BCUT2D eigenvalue weighted by molar-refractivity contribution is 9.10. The van der Waals surface area contributed by atoms with E-state index in [4.69, 9.17) is 4.74 Å². The van der Waals surface area contributed by atoms with Crippen LogP contribution in [-0.4, -0.2) is 44.6 Å². The van der Waals surface area contributed by atoms with Gasteiger partial charge in [0.2, 0.25) is 5.88 Å². The number of hydrogen-bond donors (Lipinski definition) is 0. The van der Waals surface area contributed by atoms with E-state index in [0.717, 1.165) is 53.0 Å². The van der Waals surface area contributed by atoms with E-state index in [9.17, 15) is 4.39 Å². The summed E-state index contributed by atoms with van der Waals surface area (Å²) in [5, 5.41) is 8.66. The zero-order valence-electron chi connectivity index (χ0n) is 16.1. The van der Waals surface area contributed by atoms with E-state index >= 15 is 0 Å². The number of hydrogen-bond acceptors (Lipinski definition) is 5. The zero-order chi connectivity index (χ0) is 19.8. The third kappa shape index (κ3) is 4.00. The molecule has 1 saturated carbocycles. The third-order valence-corrected chi connectivity index (χ3v) is 6.52.